The van der Waals surface area contributed by atoms with Gasteiger partial charge in [0.05, 0.1) is 5.69 Å². The van der Waals surface area contributed by atoms with E-state index in [9.17, 15) is 4.79 Å². The zero-order valence-corrected chi connectivity index (χ0v) is 13.2. The molecule has 0 unspecified atom stereocenters. The highest BCUT2D eigenvalue weighted by Gasteiger charge is 2.48. The average molecular weight is 353 g/mol. The van der Waals surface area contributed by atoms with E-state index < -0.39 is 5.54 Å². The number of hydrogen-bond acceptors (Lipinski definition) is 2. The molecule has 0 saturated carbocycles. The number of aromatic amines is 1. The van der Waals surface area contributed by atoms with Crippen molar-refractivity contribution in [2.24, 2.45) is 0 Å². The van der Waals surface area contributed by atoms with E-state index in [0.29, 0.717) is 0 Å². The number of rotatable bonds is 2. The Morgan fingerprint density at radius 2 is 1.82 bits per heavy atom. The molecule has 108 valence electrons. The Morgan fingerprint density at radius 3 is 2.55 bits per heavy atom. The Balaban J connectivity index is 1.99. The van der Waals surface area contributed by atoms with Crippen LogP contribution in [-0.4, -0.2) is 10.8 Å². The lowest BCUT2D eigenvalue weighted by molar-refractivity contribution is 0.0939. The largest absolute Gasteiger partial charge is 0.363 e. The Kier molecular flexibility index (Phi) is 2.94. The standard InChI is InChI=1S/C18H13BrN2O/c19-13-6-3-5-12(11-13)18(16-9-4-10-20-16)17(22)14-7-1-2-8-15(14)21-18/h1-11,20-21H/t18-/m1/s1. The molecule has 4 heteroatoms. The Bertz CT molecular complexity index is 857. The molecule has 22 heavy (non-hydrogen) atoms. The van der Waals surface area contributed by atoms with Crippen molar-refractivity contribution < 1.29 is 4.79 Å². The van der Waals surface area contributed by atoms with Gasteiger partial charge in [-0.3, -0.25) is 4.79 Å². The number of H-pyrrole nitrogens is 1. The van der Waals surface area contributed by atoms with Crippen LogP contribution in [0.1, 0.15) is 21.6 Å². The van der Waals surface area contributed by atoms with Crippen LogP contribution < -0.4 is 5.32 Å². The summed E-state index contributed by atoms with van der Waals surface area (Å²) in [4.78, 5) is 16.4. The lowest BCUT2D eigenvalue weighted by Crippen LogP contribution is -2.40. The fourth-order valence-electron chi connectivity index (χ4n) is 3.08. The number of para-hydroxylation sites is 1. The fraction of sp³-hybridized carbons (Fsp3) is 0.0556. The van der Waals surface area contributed by atoms with Crippen molar-refractivity contribution in [3.63, 3.8) is 0 Å². The summed E-state index contributed by atoms with van der Waals surface area (Å²) in [6, 6.07) is 19.4. The van der Waals surface area contributed by atoms with Crippen LogP contribution in [0.15, 0.2) is 71.3 Å². The van der Waals surface area contributed by atoms with Crippen LogP contribution in [0.3, 0.4) is 0 Å². The van der Waals surface area contributed by atoms with Gasteiger partial charge in [0.25, 0.3) is 0 Å². The van der Waals surface area contributed by atoms with Crippen molar-refractivity contribution in [1.29, 1.82) is 0 Å². The molecule has 1 atom stereocenters. The SMILES string of the molecule is O=C1c2ccccc2N[C@]1(c1cccc(Br)c1)c1ccc[nH]1. The number of fused-ring (bicyclic) bond motifs is 1. The number of anilines is 1. The van der Waals surface area contributed by atoms with Crippen molar-refractivity contribution >= 4 is 27.4 Å². The highest BCUT2D eigenvalue weighted by molar-refractivity contribution is 9.10. The molecule has 2 aromatic carbocycles. The minimum Gasteiger partial charge on any atom is -0.363 e. The van der Waals surface area contributed by atoms with Gasteiger partial charge in [0.1, 0.15) is 0 Å². The first kappa shape index (κ1) is 13.3. The lowest BCUT2D eigenvalue weighted by Gasteiger charge is -2.28. The number of Topliss-reactive ketones (excluding diaryl/α,β-unsaturated/α-hetero) is 1. The highest BCUT2D eigenvalue weighted by atomic mass is 79.9. The van der Waals surface area contributed by atoms with Crippen LogP contribution >= 0.6 is 15.9 Å². The maximum atomic E-state index is 13.2. The number of benzene rings is 2. The maximum absolute atomic E-state index is 13.2. The molecule has 1 aliphatic rings. The third kappa shape index (κ3) is 1.77. The molecule has 2 heterocycles. The summed E-state index contributed by atoms with van der Waals surface area (Å²) in [5, 5.41) is 3.44. The van der Waals surface area contributed by atoms with Crippen LogP contribution in [0, 0.1) is 0 Å². The third-order valence-electron chi connectivity index (χ3n) is 4.09. The molecule has 2 N–H and O–H groups in total. The lowest BCUT2D eigenvalue weighted by atomic mass is 9.83. The summed E-state index contributed by atoms with van der Waals surface area (Å²) >= 11 is 3.50. The zero-order chi connectivity index (χ0) is 15.2. The van der Waals surface area contributed by atoms with Crippen molar-refractivity contribution in [3.05, 3.63) is 88.2 Å². The second-order valence-corrected chi connectivity index (χ2v) is 6.26. The van der Waals surface area contributed by atoms with Gasteiger partial charge < -0.3 is 10.3 Å². The molecule has 1 aromatic heterocycles. The summed E-state index contributed by atoms with van der Waals surface area (Å²) < 4.78 is 0.946. The summed E-state index contributed by atoms with van der Waals surface area (Å²) in [5.41, 5.74) is 2.42. The molecular weight excluding hydrogens is 340 g/mol. The van der Waals surface area contributed by atoms with Gasteiger partial charge in [-0.15, -0.1) is 0 Å². The molecule has 0 saturated heterocycles. The number of carbonyl (C=O) groups excluding carboxylic acids is 1. The van der Waals surface area contributed by atoms with Gasteiger partial charge in [0.15, 0.2) is 5.54 Å². The number of halogens is 1. The van der Waals surface area contributed by atoms with E-state index >= 15 is 0 Å². The quantitative estimate of drug-likeness (QED) is 0.720. The van der Waals surface area contributed by atoms with Crippen LogP contribution in [0.4, 0.5) is 5.69 Å². The molecule has 0 aliphatic carbocycles. The smallest absolute Gasteiger partial charge is 0.200 e. The van der Waals surface area contributed by atoms with Crippen molar-refractivity contribution in [2.75, 3.05) is 5.32 Å². The van der Waals surface area contributed by atoms with Crippen LogP contribution in [0.2, 0.25) is 0 Å². The Labute approximate surface area is 136 Å². The van der Waals surface area contributed by atoms with E-state index in [4.69, 9.17) is 0 Å². The molecule has 0 radical (unpaired) electrons. The van der Waals surface area contributed by atoms with E-state index in [1.807, 2.05) is 66.9 Å². The maximum Gasteiger partial charge on any atom is 0.200 e. The second kappa shape index (κ2) is 4.85. The van der Waals surface area contributed by atoms with E-state index in [0.717, 1.165) is 27.0 Å². The molecule has 0 spiro atoms. The zero-order valence-electron chi connectivity index (χ0n) is 11.6. The van der Waals surface area contributed by atoms with Crippen molar-refractivity contribution in [1.82, 2.24) is 4.98 Å². The predicted octanol–water partition coefficient (Wildman–Crippen LogP) is 4.33. The van der Waals surface area contributed by atoms with Gasteiger partial charge in [0, 0.05) is 21.9 Å². The summed E-state index contributed by atoms with van der Waals surface area (Å²) in [5.74, 6) is 0.0589. The van der Waals surface area contributed by atoms with E-state index in [1.165, 1.54) is 0 Å². The van der Waals surface area contributed by atoms with Gasteiger partial charge in [-0.05, 0) is 42.0 Å². The van der Waals surface area contributed by atoms with E-state index in [-0.39, 0.29) is 5.78 Å². The number of aromatic nitrogens is 1. The van der Waals surface area contributed by atoms with Crippen molar-refractivity contribution in [2.45, 2.75) is 5.54 Å². The predicted molar refractivity (Wildman–Crippen MR) is 90.1 cm³/mol. The summed E-state index contributed by atoms with van der Waals surface area (Å²) in [6.45, 7) is 0. The Hall–Kier alpha value is -2.33. The molecule has 0 amide bonds. The monoisotopic (exact) mass is 352 g/mol. The first-order valence-electron chi connectivity index (χ1n) is 7.04. The summed E-state index contributed by atoms with van der Waals surface area (Å²) in [7, 11) is 0. The molecule has 4 rings (SSSR count). The first-order valence-corrected chi connectivity index (χ1v) is 7.83. The van der Waals surface area contributed by atoms with Gasteiger partial charge in [0.2, 0.25) is 5.78 Å². The highest BCUT2D eigenvalue weighted by Crippen LogP contribution is 2.43. The van der Waals surface area contributed by atoms with E-state index in [2.05, 4.69) is 26.2 Å². The first-order chi connectivity index (χ1) is 10.7. The van der Waals surface area contributed by atoms with Gasteiger partial charge in [-0.1, -0.05) is 40.2 Å². The number of ketones is 1. The molecule has 3 nitrogen and oxygen atoms in total. The van der Waals surface area contributed by atoms with Gasteiger partial charge in [-0.2, -0.15) is 0 Å². The van der Waals surface area contributed by atoms with Crippen molar-refractivity contribution in [3.8, 4) is 0 Å². The number of carbonyl (C=O) groups is 1. The minimum atomic E-state index is -0.906. The number of nitrogens with one attached hydrogen (secondary N) is 2. The average Bonchev–Trinajstić information content (AvgIpc) is 3.15. The normalized spacial score (nSPS) is 19.8. The van der Waals surface area contributed by atoms with Crippen LogP contribution in [0.5, 0.6) is 0 Å². The van der Waals surface area contributed by atoms with Gasteiger partial charge >= 0.3 is 0 Å². The molecule has 3 aromatic rings. The number of hydrogen-bond donors (Lipinski definition) is 2. The molecule has 0 bridgehead atoms. The molecule has 1 aliphatic heterocycles. The fourth-order valence-corrected chi connectivity index (χ4v) is 3.48. The Morgan fingerprint density at radius 1 is 0.955 bits per heavy atom. The minimum absolute atomic E-state index is 0.0589. The molecule has 0 fully saturated rings. The van der Waals surface area contributed by atoms with Crippen LogP contribution in [0.25, 0.3) is 0 Å². The van der Waals surface area contributed by atoms with E-state index in [1.54, 1.807) is 0 Å². The van der Waals surface area contributed by atoms with Crippen LogP contribution in [-0.2, 0) is 5.54 Å². The second-order valence-electron chi connectivity index (χ2n) is 5.34. The molecular formula is C18H13BrN2O. The van der Waals surface area contributed by atoms with Gasteiger partial charge in [-0.25, -0.2) is 0 Å². The third-order valence-corrected chi connectivity index (χ3v) is 4.59. The summed E-state index contributed by atoms with van der Waals surface area (Å²) in [6.07, 6.45) is 1.84. The topological polar surface area (TPSA) is 44.9 Å².